The highest BCUT2D eigenvalue weighted by molar-refractivity contribution is 6.07. The minimum Gasteiger partial charge on any atom is -0.355 e. The van der Waals surface area contributed by atoms with Crippen molar-refractivity contribution in [3.05, 3.63) is 59.7 Å². The number of nitrogens with one attached hydrogen (secondary N) is 2. The molecule has 134 valence electrons. The van der Waals surface area contributed by atoms with Gasteiger partial charge in [0.2, 0.25) is 11.8 Å². The third-order valence-corrected chi connectivity index (χ3v) is 4.56. The summed E-state index contributed by atoms with van der Waals surface area (Å²) in [6.45, 7) is 2.27. The summed E-state index contributed by atoms with van der Waals surface area (Å²) in [5.74, 6) is -1.06. The van der Waals surface area contributed by atoms with E-state index in [9.17, 15) is 14.4 Å². The molecule has 2 aromatic carbocycles. The molecule has 26 heavy (non-hydrogen) atoms. The summed E-state index contributed by atoms with van der Waals surface area (Å²) >= 11 is 0. The summed E-state index contributed by atoms with van der Waals surface area (Å²) in [4.78, 5) is 38.7. The minimum absolute atomic E-state index is 0.0703. The molecule has 2 aromatic rings. The summed E-state index contributed by atoms with van der Waals surface area (Å²) in [7, 11) is 1.54. The van der Waals surface area contributed by atoms with Crippen molar-refractivity contribution in [1.29, 1.82) is 0 Å². The van der Waals surface area contributed by atoms with Crippen LogP contribution in [0.25, 0.3) is 0 Å². The maximum atomic E-state index is 12.7. The lowest BCUT2D eigenvalue weighted by atomic mass is 10.1. The number of anilines is 2. The Morgan fingerprint density at radius 1 is 1.08 bits per heavy atom. The van der Waals surface area contributed by atoms with Crippen LogP contribution < -0.4 is 15.5 Å². The van der Waals surface area contributed by atoms with E-state index in [4.69, 9.17) is 0 Å². The molecule has 0 aromatic heterocycles. The zero-order valence-corrected chi connectivity index (χ0v) is 14.8. The Kier molecular flexibility index (Phi) is 5.02. The lowest BCUT2D eigenvalue weighted by molar-refractivity contribution is -0.122. The van der Waals surface area contributed by atoms with Crippen LogP contribution in [0, 0.1) is 12.8 Å². The molecule has 1 aliphatic rings. The smallest absolute Gasteiger partial charge is 0.253 e. The SMILES string of the molecule is CNC(=O)c1ccccc1NC(=O)[C@H]1CC(=O)N(c2ccccc2C)C1. The first-order chi connectivity index (χ1) is 12.5. The number of rotatable bonds is 4. The highest BCUT2D eigenvalue weighted by atomic mass is 16.2. The van der Waals surface area contributed by atoms with Crippen LogP contribution in [0.15, 0.2) is 48.5 Å². The Hall–Kier alpha value is -3.15. The van der Waals surface area contributed by atoms with Gasteiger partial charge in [0.25, 0.3) is 5.91 Å². The zero-order valence-electron chi connectivity index (χ0n) is 14.8. The molecule has 0 radical (unpaired) electrons. The van der Waals surface area contributed by atoms with Gasteiger partial charge in [0.1, 0.15) is 0 Å². The highest BCUT2D eigenvalue weighted by Gasteiger charge is 2.35. The Labute approximate surface area is 152 Å². The fourth-order valence-corrected chi connectivity index (χ4v) is 3.14. The molecule has 2 N–H and O–H groups in total. The number of hydrogen-bond donors (Lipinski definition) is 2. The number of aryl methyl sites for hydroxylation is 1. The highest BCUT2D eigenvalue weighted by Crippen LogP contribution is 2.28. The second-order valence-corrected chi connectivity index (χ2v) is 6.31. The Morgan fingerprint density at radius 3 is 2.50 bits per heavy atom. The largest absolute Gasteiger partial charge is 0.355 e. The Bertz CT molecular complexity index is 863. The Morgan fingerprint density at radius 2 is 1.77 bits per heavy atom. The lowest BCUT2D eigenvalue weighted by Gasteiger charge is -2.19. The third-order valence-electron chi connectivity index (χ3n) is 4.56. The van der Waals surface area contributed by atoms with Crippen LogP contribution in [-0.4, -0.2) is 31.3 Å². The van der Waals surface area contributed by atoms with Crippen LogP contribution in [0.3, 0.4) is 0 Å². The summed E-state index contributed by atoms with van der Waals surface area (Å²) in [6, 6.07) is 14.4. The van der Waals surface area contributed by atoms with Crippen LogP contribution in [0.1, 0.15) is 22.3 Å². The molecule has 3 rings (SSSR count). The van der Waals surface area contributed by atoms with Gasteiger partial charge in [0.15, 0.2) is 0 Å². The average Bonchev–Trinajstić information content (AvgIpc) is 3.03. The molecule has 1 atom stereocenters. The summed E-state index contributed by atoms with van der Waals surface area (Å²) in [5.41, 5.74) is 2.66. The number of carbonyl (C=O) groups excluding carboxylic acids is 3. The van der Waals surface area contributed by atoms with E-state index in [2.05, 4.69) is 10.6 Å². The minimum atomic E-state index is -0.458. The number of hydrogen-bond acceptors (Lipinski definition) is 3. The van der Waals surface area contributed by atoms with Gasteiger partial charge in [-0.3, -0.25) is 14.4 Å². The van der Waals surface area contributed by atoms with Crippen molar-refractivity contribution in [3.63, 3.8) is 0 Å². The van der Waals surface area contributed by atoms with E-state index in [0.29, 0.717) is 17.8 Å². The Balaban J connectivity index is 1.76. The van der Waals surface area contributed by atoms with Gasteiger partial charge in [-0.1, -0.05) is 30.3 Å². The van der Waals surface area contributed by atoms with Crippen LogP contribution in [0.2, 0.25) is 0 Å². The van der Waals surface area contributed by atoms with E-state index in [-0.39, 0.29) is 24.1 Å². The first-order valence-electron chi connectivity index (χ1n) is 8.49. The molecule has 1 aliphatic heterocycles. The molecule has 0 aliphatic carbocycles. The molecular weight excluding hydrogens is 330 g/mol. The maximum Gasteiger partial charge on any atom is 0.253 e. The number of amides is 3. The zero-order chi connectivity index (χ0) is 18.7. The molecule has 0 saturated carbocycles. The van der Waals surface area contributed by atoms with Crippen molar-refractivity contribution < 1.29 is 14.4 Å². The predicted octanol–water partition coefficient (Wildman–Crippen LogP) is 2.35. The van der Waals surface area contributed by atoms with Gasteiger partial charge in [-0.05, 0) is 30.7 Å². The van der Waals surface area contributed by atoms with Gasteiger partial charge in [0.05, 0.1) is 17.2 Å². The van der Waals surface area contributed by atoms with E-state index in [0.717, 1.165) is 11.3 Å². The first kappa shape index (κ1) is 17.7. The van der Waals surface area contributed by atoms with Gasteiger partial charge < -0.3 is 15.5 Å². The van der Waals surface area contributed by atoms with Gasteiger partial charge in [0, 0.05) is 25.7 Å². The molecule has 1 fully saturated rings. The van der Waals surface area contributed by atoms with Gasteiger partial charge in [-0.2, -0.15) is 0 Å². The standard InChI is InChI=1S/C20H21N3O3/c1-13-7-3-6-10-17(13)23-12-14(11-18(23)24)19(25)22-16-9-5-4-8-15(16)20(26)21-2/h3-10,14H,11-12H2,1-2H3,(H,21,26)(H,22,25)/t14-/m0/s1. The van der Waals surface area contributed by atoms with Crippen LogP contribution in [-0.2, 0) is 9.59 Å². The van der Waals surface area contributed by atoms with Crippen molar-refractivity contribution in [3.8, 4) is 0 Å². The van der Waals surface area contributed by atoms with Crippen LogP contribution in [0.4, 0.5) is 11.4 Å². The van der Waals surface area contributed by atoms with E-state index in [1.165, 1.54) is 7.05 Å². The summed E-state index contributed by atoms with van der Waals surface area (Å²) in [6.07, 6.45) is 0.155. The topological polar surface area (TPSA) is 78.5 Å². The third kappa shape index (κ3) is 3.44. The molecule has 1 heterocycles. The van der Waals surface area contributed by atoms with Crippen LogP contribution in [0.5, 0.6) is 0 Å². The molecule has 0 bridgehead atoms. The summed E-state index contributed by atoms with van der Waals surface area (Å²) < 4.78 is 0. The van der Waals surface area contributed by atoms with Gasteiger partial charge >= 0.3 is 0 Å². The fraction of sp³-hybridized carbons (Fsp3) is 0.250. The van der Waals surface area contributed by atoms with E-state index < -0.39 is 5.92 Å². The molecule has 0 spiro atoms. The number of benzene rings is 2. The van der Waals surface area contributed by atoms with Crippen molar-refractivity contribution in [2.75, 3.05) is 23.8 Å². The summed E-state index contributed by atoms with van der Waals surface area (Å²) in [5, 5.41) is 5.35. The van der Waals surface area contributed by atoms with Crippen molar-refractivity contribution in [2.24, 2.45) is 5.92 Å². The van der Waals surface area contributed by atoms with Crippen molar-refractivity contribution in [2.45, 2.75) is 13.3 Å². The van der Waals surface area contributed by atoms with Crippen molar-refractivity contribution >= 4 is 29.1 Å². The lowest BCUT2D eigenvalue weighted by Crippen LogP contribution is -2.29. The monoisotopic (exact) mass is 351 g/mol. The predicted molar refractivity (Wildman–Crippen MR) is 100 cm³/mol. The molecule has 1 saturated heterocycles. The number of para-hydroxylation sites is 2. The van der Waals surface area contributed by atoms with E-state index >= 15 is 0 Å². The molecular formula is C20H21N3O3. The van der Waals surface area contributed by atoms with Crippen LogP contribution >= 0.6 is 0 Å². The van der Waals surface area contributed by atoms with Crippen molar-refractivity contribution in [1.82, 2.24) is 5.32 Å². The van der Waals surface area contributed by atoms with E-state index in [1.54, 1.807) is 29.2 Å². The first-order valence-corrected chi connectivity index (χ1v) is 8.49. The second-order valence-electron chi connectivity index (χ2n) is 6.31. The molecule has 0 unspecified atom stereocenters. The number of carbonyl (C=O) groups is 3. The fourth-order valence-electron chi connectivity index (χ4n) is 3.14. The quantitative estimate of drug-likeness (QED) is 0.887. The second kappa shape index (κ2) is 7.39. The normalized spacial score (nSPS) is 16.5. The molecule has 3 amide bonds. The number of nitrogens with zero attached hydrogens (tertiary/aromatic N) is 1. The maximum absolute atomic E-state index is 12.7. The van der Waals surface area contributed by atoms with Gasteiger partial charge in [-0.15, -0.1) is 0 Å². The molecule has 6 nitrogen and oxygen atoms in total. The average molecular weight is 351 g/mol. The van der Waals surface area contributed by atoms with Gasteiger partial charge in [-0.25, -0.2) is 0 Å². The van der Waals surface area contributed by atoms with E-state index in [1.807, 2.05) is 31.2 Å². The molecule has 6 heteroatoms.